The molecule has 0 saturated heterocycles. The first kappa shape index (κ1) is 14.5. The van der Waals surface area contributed by atoms with Crippen molar-refractivity contribution in [2.75, 3.05) is 6.61 Å². The molecule has 1 unspecified atom stereocenters. The Morgan fingerprint density at radius 3 is 2.33 bits per heavy atom. The maximum atomic E-state index is 5.80. The van der Waals surface area contributed by atoms with Gasteiger partial charge in [0.25, 0.3) is 0 Å². The molecule has 1 atom stereocenters. The topological polar surface area (TPSA) is 18.5 Å². The molecule has 0 spiro atoms. The van der Waals surface area contributed by atoms with Crippen LogP contribution in [0.15, 0.2) is 0 Å². The number of rotatable bonds is 5. The largest absolute Gasteiger partial charge is 0.447 e. The van der Waals surface area contributed by atoms with E-state index < -0.39 is 9.76 Å². The molecule has 2 nitrogen and oxygen atoms in total. The second-order valence-electron chi connectivity index (χ2n) is 4.78. The molecule has 0 heterocycles. The van der Waals surface area contributed by atoms with Crippen molar-refractivity contribution in [1.82, 2.24) is 0 Å². The average molecular weight is 228 g/mol. The Bertz CT molecular complexity index is 226. The Hall–Kier alpha value is -0.463. The first-order chi connectivity index (χ1) is 6.90. The highest BCUT2D eigenvalue weighted by molar-refractivity contribution is 6.32. The van der Waals surface area contributed by atoms with E-state index in [2.05, 4.69) is 39.7 Å². The van der Waals surface area contributed by atoms with Gasteiger partial charge in [-0.2, -0.15) is 0 Å². The zero-order chi connectivity index (χ0) is 11.9. The molecule has 0 aliphatic carbocycles. The average Bonchev–Trinajstić information content (AvgIpc) is 2.15. The van der Waals surface area contributed by atoms with E-state index >= 15 is 0 Å². The van der Waals surface area contributed by atoms with Crippen molar-refractivity contribution in [3.8, 4) is 12.0 Å². The van der Waals surface area contributed by atoms with Gasteiger partial charge in [-0.25, -0.2) is 0 Å². The van der Waals surface area contributed by atoms with Crippen molar-refractivity contribution in [2.24, 2.45) is 5.92 Å². The minimum atomic E-state index is -0.548. The number of ether oxygens (including phenoxy) is 1. The van der Waals surface area contributed by atoms with Gasteiger partial charge in [0.05, 0.1) is 6.61 Å². The van der Waals surface area contributed by atoms with Crippen LogP contribution in [0.1, 0.15) is 41.5 Å². The van der Waals surface area contributed by atoms with Crippen LogP contribution in [0.4, 0.5) is 0 Å². The minimum Gasteiger partial charge on any atom is -0.447 e. The molecule has 15 heavy (non-hydrogen) atoms. The van der Waals surface area contributed by atoms with Crippen LogP contribution in [0.5, 0.6) is 0 Å². The van der Waals surface area contributed by atoms with Crippen LogP contribution < -0.4 is 0 Å². The maximum absolute atomic E-state index is 5.80. The summed E-state index contributed by atoms with van der Waals surface area (Å²) in [5, 5.41) is 0.335. The fourth-order valence-electron chi connectivity index (χ4n) is 0.745. The second-order valence-corrected chi connectivity index (χ2v) is 7.22. The summed E-state index contributed by atoms with van der Waals surface area (Å²) in [5.74, 6) is 3.60. The van der Waals surface area contributed by atoms with Crippen molar-refractivity contribution in [2.45, 2.75) is 52.7 Å². The maximum Gasteiger partial charge on any atom is 0.169 e. The normalized spacial score (nSPS) is 14.1. The highest BCUT2D eigenvalue weighted by atomic mass is 28.2. The summed E-state index contributed by atoms with van der Waals surface area (Å²) >= 11 is 0. The van der Waals surface area contributed by atoms with Gasteiger partial charge < -0.3 is 9.16 Å². The molecule has 0 bridgehead atoms. The molecule has 0 fully saturated rings. The second kappa shape index (κ2) is 6.92. The summed E-state index contributed by atoms with van der Waals surface area (Å²) in [4.78, 5) is 0. The van der Waals surface area contributed by atoms with E-state index in [0.29, 0.717) is 17.6 Å². The monoisotopic (exact) mass is 228 g/mol. The summed E-state index contributed by atoms with van der Waals surface area (Å²) < 4.78 is 10.8. The lowest BCUT2D eigenvalue weighted by Crippen LogP contribution is -2.24. The lowest BCUT2D eigenvalue weighted by Gasteiger charge is -2.28. The van der Waals surface area contributed by atoms with Gasteiger partial charge in [0, 0.05) is 0 Å². The molecule has 3 heteroatoms. The van der Waals surface area contributed by atoms with E-state index in [1.54, 1.807) is 0 Å². The van der Waals surface area contributed by atoms with E-state index in [-0.39, 0.29) is 6.10 Å². The van der Waals surface area contributed by atoms with Crippen LogP contribution >= 0.6 is 0 Å². The standard InChI is InChI=1S/C12H24O2Si/c1-7-13-9-8-11(4)14-15-12(5,6)10(2)3/h10-11H,7,15H2,1-6H3. The summed E-state index contributed by atoms with van der Waals surface area (Å²) in [5.41, 5.74) is 0. The first-order valence-electron chi connectivity index (χ1n) is 5.64. The number of hydrogen-bond acceptors (Lipinski definition) is 2. The SMILES string of the molecule is CCOC#CC(C)O[SiH2]C(C)(C)C(C)C. The number of hydrogen-bond donors (Lipinski definition) is 0. The molecule has 0 aromatic carbocycles. The van der Waals surface area contributed by atoms with Gasteiger partial charge in [-0.05, 0) is 30.7 Å². The first-order valence-corrected chi connectivity index (χ1v) is 6.92. The van der Waals surface area contributed by atoms with Gasteiger partial charge in [-0.3, -0.25) is 0 Å². The Labute approximate surface area is 96.7 Å². The van der Waals surface area contributed by atoms with E-state index in [4.69, 9.17) is 9.16 Å². The third-order valence-corrected chi connectivity index (χ3v) is 4.97. The molecule has 0 aromatic heterocycles. The summed E-state index contributed by atoms with van der Waals surface area (Å²) in [6, 6.07) is 0. The molecule has 0 aromatic rings. The third kappa shape index (κ3) is 6.59. The molecular formula is C12H24O2Si. The Morgan fingerprint density at radius 2 is 1.87 bits per heavy atom. The van der Waals surface area contributed by atoms with Crippen molar-refractivity contribution in [1.29, 1.82) is 0 Å². The molecule has 0 aliphatic rings. The molecule has 0 rings (SSSR count). The molecular weight excluding hydrogens is 204 g/mol. The van der Waals surface area contributed by atoms with Gasteiger partial charge >= 0.3 is 0 Å². The van der Waals surface area contributed by atoms with E-state index in [9.17, 15) is 0 Å². The predicted octanol–water partition coefficient (Wildman–Crippen LogP) is 2.33. The Morgan fingerprint density at radius 1 is 1.27 bits per heavy atom. The van der Waals surface area contributed by atoms with E-state index in [0.717, 1.165) is 0 Å². The van der Waals surface area contributed by atoms with Crippen molar-refractivity contribution < 1.29 is 9.16 Å². The summed E-state index contributed by atoms with van der Waals surface area (Å²) in [7, 11) is -0.548. The van der Waals surface area contributed by atoms with Crippen LogP contribution in [0.25, 0.3) is 0 Å². The van der Waals surface area contributed by atoms with E-state index in [1.807, 2.05) is 13.8 Å². The molecule has 0 radical (unpaired) electrons. The van der Waals surface area contributed by atoms with Gasteiger partial charge in [0.2, 0.25) is 0 Å². The smallest absolute Gasteiger partial charge is 0.169 e. The quantitative estimate of drug-likeness (QED) is 0.531. The lowest BCUT2D eigenvalue weighted by atomic mass is 9.99. The van der Waals surface area contributed by atoms with Crippen LogP contribution in [0.2, 0.25) is 5.04 Å². The van der Waals surface area contributed by atoms with Gasteiger partial charge in [0.1, 0.15) is 12.2 Å². The molecule has 0 N–H and O–H groups in total. The van der Waals surface area contributed by atoms with Crippen LogP contribution in [0.3, 0.4) is 0 Å². The Balaban J connectivity index is 3.91. The van der Waals surface area contributed by atoms with Gasteiger partial charge in [0.15, 0.2) is 9.76 Å². The fraction of sp³-hybridized carbons (Fsp3) is 0.833. The zero-order valence-electron chi connectivity index (χ0n) is 10.9. The predicted molar refractivity (Wildman–Crippen MR) is 67.4 cm³/mol. The molecule has 0 saturated carbocycles. The van der Waals surface area contributed by atoms with Crippen LogP contribution in [0, 0.1) is 17.9 Å². The van der Waals surface area contributed by atoms with Gasteiger partial charge in [-0.1, -0.05) is 27.7 Å². The molecule has 88 valence electrons. The lowest BCUT2D eigenvalue weighted by molar-refractivity contribution is 0.260. The van der Waals surface area contributed by atoms with Crippen molar-refractivity contribution >= 4 is 9.76 Å². The van der Waals surface area contributed by atoms with E-state index in [1.165, 1.54) is 0 Å². The summed E-state index contributed by atoms with van der Waals surface area (Å²) in [6.45, 7) is 13.6. The molecule has 0 amide bonds. The summed E-state index contributed by atoms with van der Waals surface area (Å²) in [6.07, 6.45) is 2.65. The minimum absolute atomic E-state index is 0.00115. The third-order valence-electron chi connectivity index (χ3n) is 2.75. The zero-order valence-corrected chi connectivity index (χ0v) is 12.3. The highest BCUT2D eigenvalue weighted by Crippen LogP contribution is 2.32. The van der Waals surface area contributed by atoms with Crippen molar-refractivity contribution in [3.63, 3.8) is 0 Å². The van der Waals surface area contributed by atoms with Crippen LogP contribution in [-0.2, 0) is 9.16 Å². The van der Waals surface area contributed by atoms with Gasteiger partial charge in [-0.15, -0.1) is 0 Å². The van der Waals surface area contributed by atoms with Crippen LogP contribution in [-0.4, -0.2) is 22.5 Å². The fourth-order valence-corrected chi connectivity index (χ4v) is 1.84. The highest BCUT2D eigenvalue weighted by Gasteiger charge is 2.24. The molecule has 0 aliphatic heterocycles. The van der Waals surface area contributed by atoms with Crippen molar-refractivity contribution in [3.05, 3.63) is 0 Å². The Kier molecular flexibility index (Phi) is 6.70.